The molecule has 0 aromatic carbocycles. The number of nitro groups is 1. The van der Waals surface area contributed by atoms with E-state index in [1.807, 2.05) is 0 Å². The number of aromatic nitrogens is 1. The van der Waals surface area contributed by atoms with E-state index in [0.717, 1.165) is 0 Å². The summed E-state index contributed by atoms with van der Waals surface area (Å²) in [5, 5.41) is 20.5. The van der Waals surface area contributed by atoms with Crippen LogP contribution in [-0.4, -0.2) is 44.1 Å². The Bertz CT molecular complexity index is 488. The van der Waals surface area contributed by atoms with E-state index < -0.39 is 10.5 Å². The molecule has 0 unspecified atom stereocenters. The predicted molar refractivity (Wildman–Crippen MR) is 69.9 cm³/mol. The number of likely N-dealkylation sites (N-methyl/N-ethyl adjacent to an activating group) is 1. The standard InChI is InChI=1S/C12H19N3O4/c1-5-14(8-12(2,3)17)11(16)9-6-7-10(13(9)4)15(18)19/h6-7,17H,5,8H2,1-4H3. The minimum atomic E-state index is -1.01. The van der Waals surface area contributed by atoms with Gasteiger partial charge >= 0.3 is 5.82 Å². The van der Waals surface area contributed by atoms with Crippen LogP contribution < -0.4 is 0 Å². The van der Waals surface area contributed by atoms with Crippen LogP contribution in [0.3, 0.4) is 0 Å². The maximum atomic E-state index is 12.3. The molecule has 7 heteroatoms. The lowest BCUT2D eigenvalue weighted by atomic mass is 10.1. The molecule has 1 aromatic heterocycles. The zero-order chi connectivity index (χ0) is 14.8. The third-order valence-corrected chi connectivity index (χ3v) is 2.75. The number of aliphatic hydroxyl groups is 1. The van der Waals surface area contributed by atoms with Gasteiger partial charge < -0.3 is 20.1 Å². The van der Waals surface area contributed by atoms with Crippen molar-refractivity contribution in [3.05, 3.63) is 27.9 Å². The van der Waals surface area contributed by atoms with Crippen molar-refractivity contribution < 1.29 is 14.8 Å². The van der Waals surface area contributed by atoms with E-state index in [4.69, 9.17) is 0 Å². The summed E-state index contributed by atoms with van der Waals surface area (Å²) in [6.07, 6.45) is 0. The number of hydrogen-bond donors (Lipinski definition) is 1. The van der Waals surface area contributed by atoms with Gasteiger partial charge in [-0.2, -0.15) is 0 Å². The van der Waals surface area contributed by atoms with Crippen molar-refractivity contribution in [2.24, 2.45) is 7.05 Å². The first-order valence-corrected chi connectivity index (χ1v) is 5.99. The molecule has 1 N–H and O–H groups in total. The monoisotopic (exact) mass is 269 g/mol. The van der Waals surface area contributed by atoms with Crippen molar-refractivity contribution in [3.8, 4) is 0 Å². The summed E-state index contributed by atoms with van der Waals surface area (Å²) in [4.78, 5) is 23.9. The lowest BCUT2D eigenvalue weighted by molar-refractivity contribution is -0.391. The Morgan fingerprint density at radius 1 is 1.53 bits per heavy atom. The van der Waals surface area contributed by atoms with E-state index in [1.54, 1.807) is 20.8 Å². The van der Waals surface area contributed by atoms with Gasteiger partial charge in [0.1, 0.15) is 0 Å². The topological polar surface area (TPSA) is 88.6 Å². The Balaban J connectivity index is 3.02. The molecule has 19 heavy (non-hydrogen) atoms. The van der Waals surface area contributed by atoms with E-state index in [1.165, 1.54) is 28.6 Å². The molecule has 1 aromatic rings. The number of rotatable bonds is 5. The first-order chi connectivity index (χ1) is 8.67. The Morgan fingerprint density at radius 2 is 2.11 bits per heavy atom. The van der Waals surface area contributed by atoms with Crippen molar-refractivity contribution in [1.82, 2.24) is 9.47 Å². The van der Waals surface area contributed by atoms with Crippen LogP contribution in [0.2, 0.25) is 0 Å². The lowest BCUT2D eigenvalue weighted by Crippen LogP contribution is -2.42. The number of carbonyl (C=O) groups is 1. The van der Waals surface area contributed by atoms with Gasteiger partial charge in [-0.15, -0.1) is 0 Å². The van der Waals surface area contributed by atoms with Gasteiger partial charge in [-0.1, -0.05) is 0 Å². The second-order valence-electron chi connectivity index (χ2n) is 5.02. The van der Waals surface area contributed by atoms with E-state index in [0.29, 0.717) is 6.54 Å². The summed E-state index contributed by atoms with van der Waals surface area (Å²) in [6.45, 7) is 5.59. The van der Waals surface area contributed by atoms with Crippen LogP contribution in [0.15, 0.2) is 12.1 Å². The molecule has 1 rings (SSSR count). The maximum Gasteiger partial charge on any atom is 0.323 e. The van der Waals surface area contributed by atoms with Crippen molar-refractivity contribution in [2.45, 2.75) is 26.4 Å². The fourth-order valence-corrected chi connectivity index (χ4v) is 1.85. The molecule has 7 nitrogen and oxygen atoms in total. The van der Waals surface area contributed by atoms with Gasteiger partial charge in [0.2, 0.25) is 0 Å². The molecule has 0 saturated carbocycles. The molecule has 0 radical (unpaired) electrons. The highest BCUT2D eigenvalue weighted by Crippen LogP contribution is 2.17. The first kappa shape index (κ1) is 15.2. The first-order valence-electron chi connectivity index (χ1n) is 5.99. The largest absolute Gasteiger partial charge is 0.389 e. The van der Waals surface area contributed by atoms with E-state index in [2.05, 4.69) is 0 Å². The molecule has 1 heterocycles. The summed E-state index contributed by atoms with van der Waals surface area (Å²) >= 11 is 0. The van der Waals surface area contributed by atoms with E-state index >= 15 is 0 Å². The number of amides is 1. The van der Waals surface area contributed by atoms with Gasteiger partial charge in [-0.3, -0.25) is 4.79 Å². The van der Waals surface area contributed by atoms with E-state index in [9.17, 15) is 20.0 Å². The molecule has 0 bridgehead atoms. The highest BCUT2D eigenvalue weighted by atomic mass is 16.6. The summed E-state index contributed by atoms with van der Waals surface area (Å²) in [6, 6.07) is 2.72. The van der Waals surface area contributed by atoms with Gasteiger partial charge in [0.25, 0.3) is 5.91 Å². The average molecular weight is 269 g/mol. The van der Waals surface area contributed by atoms with Crippen molar-refractivity contribution in [1.29, 1.82) is 0 Å². The summed E-state index contributed by atoms with van der Waals surface area (Å²) in [5.74, 6) is -0.470. The second kappa shape index (κ2) is 5.40. The molecule has 0 atom stereocenters. The molecule has 0 aliphatic heterocycles. The van der Waals surface area contributed by atoms with Crippen molar-refractivity contribution in [2.75, 3.05) is 13.1 Å². The normalized spacial score (nSPS) is 11.4. The third kappa shape index (κ3) is 3.54. The maximum absolute atomic E-state index is 12.3. The molecule has 0 saturated heterocycles. The fourth-order valence-electron chi connectivity index (χ4n) is 1.85. The molecule has 106 valence electrons. The summed E-state index contributed by atoms with van der Waals surface area (Å²) in [7, 11) is 1.48. The smallest absolute Gasteiger partial charge is 0.323 e. The Morgan fingerprint density at radius 3 is 2.47 bits per heavy atom. The van der Waals surface area contributed by atoms with Crippen LogP contribution in [-0.2, 0) is 7.05 Å². The highest BCUT2D eigenvalue weighted by Gasteiger charge is 2.27. The molecule has 1 amide bonds. The molecular formula is C12H19N3O4. The zero-order valence-electron chi connectivity index (χ0n) is 11.6. The van der Waals surface area contributed by atoms with Crippen LogP contribution in [0.25, 0.3) is 0 Å². The van der Waals surface area contributed by atoms with Crippen molar-refractivity contribution in [3.63, 3.8) is 0 Å². The van der Waals surface area contributed by atoms with Crippen LogP contribution in [0.4, 0.5) is 5.82 Å². The zero-order valence-corrected chi connectivity index (χ0v) is 11.6. The molecule has 0 aliphatic rings. The minimum absolute atomic E-state index is 0.136. The SMILES string of the molecule is CCN(CC(C)(C)O)C(=O)c1ccc([N+](=O)[O-])n1C. The number of carbonyl (C=O) groups excluding carboxylic acids is 1. The third-order valence-electron chi connectivity index (χ3n) is 2.75. The van der Waals surface area contributed by atoms with Gasteiger partial charge in [-0.05, 0) is 31.8 Å². The number of nitrogens with zero attached hydrogens (tertiary/aromatic N) is 3. The summed E-state index contributed by atoms with van der Waals surface area (Å²) in [5.41, 5.74) is -0.777. The van der Waals surface area contributed by atoms with Gasteiger partial charge in [-0.25, -0.2) is 4.57 Å². The Labute approximate surface area is 111 Å². The fraction of sp³-hybridized carbons (Fsp3) is 0.583. The van der Waals surface area contributed by atoms with Crippen molar-refractivity contribution >= 4 is 11.7 Å². The van der Waals surface area contributed by atoms with Crippen LogP contribution in [0.5, 0.6) is 0 Å². The molecule has 0 fully saturated rings. The average Bonchev–Trinajstić information content (AvgIpc) is 2.66. The Kier molecular flexibility index (Phi) is 4.31. The molecule has 0 aliphatic carbocycles. The minimum Gasteiger partial charge on any atom is -0.389 e. The molecular weight excluding hydrogens is 250 g/mol. The van der Waals surface area contributed by atoms with Crippen LogP contribution in [0, 0.1) is 10.1 Å². The predicted octanol–water partition coefficient (Wildman–Crippen LogP) is 1.17. The van der Waals surface area contributed by atoms with Crippen LogP contribution in [0.1, 0.15) is 31.3 Å². The summed E-state index contributed by atoms with van der Waals surface area (Å²) < 4.78 is 1.25. The Hall–Kier alpha value is -1.89. The lowest BCUT2D eigenvalue weighted by Gasteiger charge is -2.27. The second-order valence-corrected chi connectivity index (χ2v) is 5.02. The quantitative estimate of drug-likeness (QED) is 0.641. The van der Waals surface area contributed by atoms with E-state index in [-0.39, 0.29) is 24.0 Å². The van der Waals surface area contributed by atoms with Gasteiger partial charge in [0.05, 0.1) is 12.6 Å². The molecule has 0 spiro atoms. The number of hydrogen-bond acceptors (Lipinski definition) is 4. The van der Waals surface area contributed by atoms with Gasteiger partial charge in [0.15, 0.2) is 5.69 Å². The highest BCUT2D eigenvalue weighted by molar-refractivity contribution is 5.93. The van der Waals surface area contributed by atoms with Gasteiger partial charge in [0, 0.05) is 19.2 Å². The van der Waals surface area contributed by atoms with Crippen LogP contribution >= 0.6 is 0 Å².